The van der Waals surface area contributed by atoms with E-state index in [1.54, 1.807) is 29.8 Å². The molecule has 2 aliphatic carbocycles. The first-order valence-electron chi connectivity index (χ1n) is 7.48. The van der Waals surface area contributed by atoms with Crippen molar-refractivity contribution in [1.29, 1.82) is 0 Å². The summed E-state index contributed by atoms with van der Waals surface area (Å²) in [5.41, 5.74) is 1.22. The molecule has 5 heteroatoms. The number of rotatable bonds is 5. The Morgan fingerprint density at radius 2 is 2.00 bits per heavy atom. The molecule has 2 heterocycles. The van der Waals surface area contributed by atoms with Gasteiger partial charge in [0.1, 0.15) is 0 Å². The van der Waals surface area contributed by atoms with Gasteiger partial charge in [0.05, 0.1) is 10.9 Å². The van der Waals surface area contributed by atoms with Gasteiger partial charge in [0.2, 0.25) is 0 Å². The first-order chi connectivity index (χ1) is 10.3. The van der Waals surface area contributed by atoms with Crippen molar-refractivity contribution in [2.75, 3.05) is 0 Å². The average Bonchev–Trinajstić information content (AvgIpc) is 3.44. The van der Waals surface area contributed by atoms with E-state index in [-0.39, 0.29) is 11.9 Å². The summed E-state index contributed by atoms with van der Waals surface area (Å²) >= 11 is 1.54. The van der Waals surface area contributed by atoms with Crippen molar-refractivity contribution < 1.29 is 4.79 Å². The van der Waals surface area contributed by atoms with Gasteiger partial charge in [-0.3, -0.25) is 4.79 Å². The lowest BCUT2D eigenvalue weighted by molar-refractivity contribution is 0.0933. The minimum absolute atomic E-state index is 0.0382. The van der Waals surface area contributed by atoms with Crippen molar-refractivity contribution in [3.8, 4) is 0 Å². The van der Waals surface area contributed by atoms with Crippen LogP contribution in [0.25, 0.3) is 0 Å². The van der Waals surface area contributed by atoms with Crippen LogP contribution < -0.4 is 5.32 Å². The van der Waals surface area contributed by atoms with Crippen LogP contribution in [-0.2, 0) is 0 Å². The molecule has 21 heavy (non-hydrogen) atoms. The van der Waals surface area contributed by atoms with Crippen molar-refractivity contribution in [3.63, 3.8) is 0 Å². The summed E-state index contributed by atoms with van der Waals surface area (Å²) < 4.78 is 0. The highest BCUT2D eigenvalue weighted by atomic mass is 32.1. The van der Waals surface area contributed by atoms with E-state index in [0.29, 0.717) is 11.8 Å². The summed E-state index contributed by atoms with van der Waals surface area (Å²) in [5.74, 6) is 1.86. The van der Waals surface area contributed by atoms with E-state index in [2.05, 4.69) is 21.4 Å². The zero-order chi connectivity index (χ0) is 14.2. The molecule has 1 unspecified atom stereocenters. The standard InChI is InChI=1S/C16H17N3OS/c20-16(14-12(6-9-21-14)10-2-3-10)19-13(11-4-5-11)15-17-7-1-8-18-15/h1,6-11,13H,2-5H2,(H,19,20). The number of carbonyl (C=O) groups is 1. The summed E-state index contributed by atoms with van der Waals surface area (Å²) in [6, 6.07) is 3.86. The second-order valence-corrected chi connectivity index (χ2v) is 6.79. The Bertz CT molecular complexity index is 647. The average molecular weight is 299 g/mol. The van der Waals surface area contributed by atoms with Gasteiger partial charge in [-0.15, -0.1) is 11.3 Å². The molecule has 0 aromatic carbocycles. The minimum atomic E-state index is -0.0483. The number of nitrogens with one attached hydrogen (secondary N) is 1. The predicted octanol–water partition coefficient (Wildman–Crippen LogP) is 3.30. The first-order valence-corrected chi connectivity index (χ1v) is 8.36. The molecule has 4 nitrogen and oxygen atoms in total. The zero-order valence-electron chi connectivity index (χ0n) is 11.7. The monoisotopic (exact) mass is 299 g/mol. The molecule has 1 amide bonds. The van der Waals surface area contributed by atoms with E-state index >= 15 is 0 Å². The van der Waals surface area contributed by atoms with Crippen molar-refractivity contribution in [2.24, 2.45) is 5.92 Å². The molecule has 1 atom stereocenters. The van der Waals surface area contributed by atoms with Crippen LogP contribution >= 0.6 is 11.3 Å². The summed E-state index contributed by atoms with van der Waals surface area (Å²) in [6.45, 7) is 0. The zero-order valence-corrected chi connectivity index (χ0v) is 12.5. The number of thiophene rings is 1. The van der Waals surface area contributed by atoms with Gasteiger partial charge >= 0.3 is 0 Å². The highest BCUT2D eigenvalue weighted by Crippen LogP contribution is 2.44. The third-order valence-electron chi connectivity index (χ3n) is 4.16. The molecule has 0 saturated heterocycles. The summed E-state index contributed by atoms with van der Waals surface area (Å²) in [4.78, 5) is 22.1. The van der Waals surface area contributed by atoms with Gasteiger partial charge < -0.3 is 5.32 Å². The van der Waals surface area contributed by atoms with Crippen molar-refractivity contribution >= 4 is 17.2 Å². The normalized spacial score (nSPS) is 19.2. The molecule has 0 aliphatic heterocycles. The second kappa shape index (κ2) is 5.22. The Morgan fingerprint density at radius 1 is 1.24 bits per heavy atom. The van der Waals surface area contributed by atoms with E-state index in [1.807, 2.05) is 5.38 Å². The Morgan fingerprint density at radius 3 is 2.67 bits per heavy atom. The topological polar surface area (TPSA) is 54.9 Å². The molecule has 2 fully saturated rings. The summed E-state index contributed by atoms with van der Waals surface area (Å²) in [5, 5.41) is 5.19. The van der Waals surface area contributed by atoms with Gasteiger partial charge in [-0.1, -0.05) is 0 Å². The summed E-state index contributed by atoms with van der Waals surface area (Å²) in [6.07, 6.45) is 8.19. The molecule has 2 aromatic rings. The molecule has 108 valence electrons. The third kappa shape index (κ3) is 2.70. The molecule has 4 rings (SSSR count). The van der Waals surface area contributed by atoms with E-state index in [4.69, 9.17) is 0 Å². The molecule has 0 spiro atoms. The smallest absolute Gasteiger partial charge is 0.262 e. The quantitative estimate of drug-likeness (QED) is 0.921. The SMILES string of the molecule is O=C(NC(c1ncccn1)C1CC1)c1sccc1C1CC1. The van der Waals surface area contributed by atoms with Crippen molar-refractivity contribution in [2.45, 2.75) is 37.6 Å². The van der Waals surface area contributed by atoms with Gasteiger partial charge in [-0.2, -0.15) is 0 Å². The molecule has 0 radical (unpaired) electrons. The number of hydrogen-bond acceptors (Lipinski definition) is 4. The number of amides is 1. The Kier molecular flexibility index (Phi) is 3.22. The van der Waals surface area contributed by atoms with Crippen LogP contribution in [0.3, 0.4) is 0 Å². The van der Waals surface area contributed by atoms with Gasteiger partial charge in [0.15, 0.2) is 5.82 Å². The lowest BCUT2D eigenvalue weighted by atomic mass is 10.1. The molecule has 0 bridgehead atoms. The minimum Gasteiger partial charge on any atom is -0.341 e. The maximum atomic E-state index is 12.6. The highest BCUT2D eigenvalue weighted by Gasteiger charge is 2.36. The van der Waals surface area contributed by atoms with Crippen LogP contribution in [0, 0.1) is 5.92 Å². The fourth-order valence-corrected chi connectivity index (χ4v) is 3.61. The van der Waals surface area contributed by atoms with Crippen LogP contribution in [0.2, 0.25) is 0 Å². The third-order valence-corrected chi connectivity index (χ3v) is 5.09. The van der Waals surface area contributed by atoms with E-state index in [9.17, 15) is 4.79 Å². The van der Waals surface area contributed by atoms with E-state index in [1.165, 1.54) is 18.4 Å². The predicted molar refractivity (Wildman–Crippen MR) is 81.3 cm³/mol. The highest BCUT2D eigenvalue weighted by molar-refractivity contribution is 7.12. The molecule has 2 aromatic heterocycles. The van der Waals surface area contributed by atoms with Crippen molar-refractivity contribution in [1.82, 2.24) is 15.3 Å². The maximum absolute atomic E-state index is 12.6. The fourth-order valence-electron chi connectivity index (χ4n) is 2.72. The first kappa shape index (κ1) is 13.0. The number of nitrogens with zero attached hydrogens (tertiary/aromatic N) is 2. The fraction of sp³-hybridized carbons (Fsp3) is 0.438. The number of aromatic nitrogens is 2. The molecule has 2 saturated carbocycles. The molecule has 1 N–H and O–H groups in total. The maximum Gasteiger partial charge on any atom is 0.262 e. The summed E-state index contributed by atoms with van der Waals surface area (Å²) in [7, 11) is 0. The molecule has 2 aliphatic rings. The van der Waals surface area contributed by atoms with Crippen LogP contribution in [0.1, 0.15) is 58.7 Å². The lowest BCUT2D eigenvalue weighted by Gasteiger charge is -2.16. The van der Waals surface area contributed by atoms with Crippen LogP contribution in [0.5, 0.6) is 0 Å². The van der Waals surface area contributed by atoms with Crippen LogP contribution in [0.15, 0.2) is 29.9 Å². The second-order valence-electron chi connectivity index (χ2n) is 5.87. The van der Waals surface area contributed by atoms with Gasteiger partial charge in [0, 0.05) is 12.4 Å². The van der Waals surface area contributed by atoms with E-state index < -0.39 is 0 Å². The van der Waals surface area contributed by atoms with E-state index in [0.717, 1.165) is 23.5 Å². The molecular weight excluding hydrogens is 282 g/mol. The van der Waals surface area contributed by atoms with Crippen LogP contribution in [0.4, 0.5) is 0 Å². The number of hydrogen-bond donors (Lipinski definition) is 1. The lowest BCUT2D eigenvalue weighted by Crippen LogP contribution is -2.31. The Balaban J connectivity index is 1.55. The van der Waals surface area contributed by atoms with Crippen LogP contribution in [-0.4, -0.2) is 15.9 Å². The van der Waals surface area contributed by atoms with Gasteiger partial charge in [0.25, 0.3) is 5.91 Å². The number of carbonyl (C=O) groups excluding carboxylic acids is 1. The van der Waals surface area contributed by atoms with Gasteiger partial charge in [-0.05, 0) is 60.6 Å². The van der Waals surface area contributed by atoms with Crippen molar-refractivity contribution in [3.05, 3.63) is 46.2 Å². The Hall–Kier alpha value is -1.75. The Labute approximate surface area is 127 Å². The van der Waals surface area contributed by atoms with Gasteiger partial charge in [-0.25, -0.2) is 9.97 Å². The molecular formula is C16H17N3OS. The largest absolute Gasteiger partial charge is 0.341 e.